The van der Waals surface area contributed by atoms with E-state index in [-0.39, 0.29) is 23.8 Å². The van der Waals surface area contributed by atoms with E-state index < -0.39 is 0 Å². The Labute approximate surface area is 105 Å². The van der Waals surface area contributed by atoms with E-state index in [9.17, 15) is 4.79 Å². The number of aryl methyl sites for hydroxylation is 1. The SMILES string of the molecule is CSC(CO)C(C)NC(=O)CCn1ccnn1. The number of carbonyl (C=O) groups is 1. The van der Waals surface area contributed by atoms with Crippen LogP contribution in [-0.2, 0) is 11.3 Å². The largest absolute Gasteiger partial charge is 0.395 e. The van der Waals surface area contributed by atoms with E-state index in [1.807, 2.05) is 13.2 Å². The molecule has 0 bridgehead atoms. The summed E-state index contributed by atoms with van der Waals surface area (Å²) in [7, 11) is 0. The van der Waals surface area contributed by atoms with E-state index in [0.717, 1.165) is 0 Å². The number of carbonyl (C=O) groups excluding carboxylic acids is 1. The summed E-state index contributed by atoms with van der Waals surface area (Å²) < 4.78 is 1.61. The quantitative estimate of drug-likeness (QED) is 0.714. The fraction of sp³-hybridized carbons (Fsp3) is 0.700. The van der Waals surface area contributed by atoms with E-state index in [2.05, 4.69) is 15.6 Å². The third-order valence-corrected chi connectivity index (χ3v) is 3.63. The summed E-state index contributed by atoms with van der Waals surface area (Å²) in [5.41, 5.74) is 0. The molecule has 1 rings (SSSR count). The maximum Gasteiger partial charge on any atom is 0.222 e. The molecule has 7 heteroatoms. The molecule has 17 heavy (non-hydrogen) atoms. The molecule has 2 atom stereocenters. The van der Waals surface area contributed by atoms with Crippen LogP contribution < -0.4 is 5.32 Å². The van der Waals surface area contributed by atoms with Gasteiger partial charge in [0, 0.05) is 23.9 Å². The van der Waals surface area contributed by atoms with Crippen molar-refractivity contribution in [2.45, 2.75) is 31.2 Å². The highest BCUT2D eigenvalue weighted by molar-refractivity contribution is 7.99. The van der Waals surface area contributed by atoms with Gasteiger partial charge in [-0.25, -0.2) is 0 Å². The molecule has 1 heterocycles. The van der Waals surface area contributed by atoms with Crippen molar-refractivity contribution in [2.75, 3.05) is 12.9 Å². The third kappa shape index (κ3) is 4.74. The topological polar surface area (TPSA) is 80.0 Å². The van der Waals surface area contributed by atoms with Gasteiger partial charge in [-0.05, 0) is 13.2 Å². The van der Waals surface area contributed by atoms with E-state index >= 15 is 0 Å². The average Bonchev–Trinajstić information content (AvgIpc) is 2.81. The van der Waals surface area contributed by atoms with Crippen LogP contribution in [-0.4, -0.2) is 50.2 Å². The van der Waals surface area contributed by atoms with Gasteiger partial charge in [-0.2, -0.15) is 11.8 Å². The summed E-state index contributed by atoms with van der Waals surface area (Å²) in [5, 5.41) is 19.4. The zero-order chi connectivity index (χ0) is 12.7. The molecule has 1 amide bonds. The molecule has 1 aromatic rings. The minimum atomic E-state index is -0.0433. The predicted octanol–water partition coefficient (Wildman–Crippen LogP) is -0.103. The summed E-state index contributed by atoms with van der Waals surface area (Å²) in [6.07, 6.45) is 5.57. The summed E-state index contributed by atoms with van der Waals surface area (Å²) in [6.45, 7) is 2.47. The predicted molar refractivity (Wildman–Crippen MR) is 66.6 cm³/mol. The number of hydrogen-bond acceptors (Lipinski definition) is 5. The molecule has 0 saturated carbocycles. The summed E-state index contributed by atoms with van der Waals surface area (Å²) in [5.74, 6) is -0.0412. The highest BCUT2D eigenvalue weighted by atomic mass is 32.2. The number of amides is 1. The van der Waals surface area contributed by atoms with Gasteiger partial charge in [-0.15, -0.1) is 5.10 Å². The first-order valence-electron chi connectivity index (χ1n) is 5.44. The molecule has 1 aromatic heterocycles. The molecular formula is C10H18N4O2S. The van der Waals surface area contributed by atoms with Crippen LogP contribution in [0.1, 0.15) is 13.3 Å². The number of thioether (sulfide) groups is 1. The Bertz CT molecular complexity index is 327. The van der Waals surface area contributed by atoms with Crippen LogP contribution in [0.4, 0.5) is 0 Å². The second-order valence-electron chi connectivity index (χ2n) is 3.73. The summed E-state index contributed by atoms with van der Waals surface area (Å²) >= 11 is 1.54. The Morgan fingerprint density at radius 2 is 2.41 bits per heavy atom. The van der Waals surface area contributed by atoms with Gasteiger partial charge >= 0.3 is 0 Å². The molecule has 0 radical (unpaired) electrons. The van der Waals surface area contributed by atoms with Crippen LogP contribution in [0.3, 0.4) is 0 Å². The van der Waals surface area contributed by atoms with E-state index in [1.165, 1.54) is 0 Å². The van der Waals surface area contributed by atoms with E-state index in [4.69, 9.17) is 5.11 Å². The number of aromatic nitrogens is 3. The first-order chi connectivity index (χ1) is 8.17. The average molecular weight is 258 g/mol. The summed E-state index contributed by atoms with van der Waals surface area (Å²) in [4.78, 5) is 11.6. The molecule has 2 N–H and O–H groups in total. The van der Waals surface area contributed by atoms with Crippen molar-refractivity contribution in [2.24, 2.45) is 0 Å². The molecule has 96 valence electrons. The van der Waals surface area contributed by atoms with Crippen molar-refractivity contribution >= 4 is 17.7 Å². The van der Waals surface area contributed by atoms with E-state index in [1.54, 1.807) is 28.8 Å². The molecule has 0 aromatic carbocycles. The molecule has 0 fully saturated rings. The fourth-order valence-electron chi connectivity index (χ4n) is 1.42. The highest BCUT2D eigenvalue weighted by Crippen LogP contribution is 2.10. The number of rotatable bonds is 7. The molecule has 2 unspecified atom stereocenters. The standard InChI is InChI=1S/C10H18N4O2S/c1-8(9(7-15)17-2)12-10(16)3-5-14-6-4-11-13-14/h4,6,8-9,15H,3,5,7H2,1-2H3,(H,12,16). The zero-order valence-corrected chi connectivity index (χ0v) is 10.9. The Kier molecular flexibility index (Phi) is 5.99. The van der Waals surface area contributed by atoms with Gasteiger partial charge in [-0.1, -0.05) is 5.21 Å². The lowest BCUT2D eigenvalue weighted by molar-refractivity contribution is -0.122. The van der Waals surface area contributed by atoms with Crippen molar-refractivity contribution in [1.82, 2.24) is 20.3 Å². The smallest absolute Gasteiger partial charge is 0.222 e. The lowest BCUT2D eigenvalue weighted by Crippen LogP contribution is -2.41. The third-order valence-electron chi connectivity index (χ3n) is 2.47. The number of hydrogen-bond donors (Lipinski definition) is 2. The Morgan fingerprint density at radius 1 is 1.65 bits per heavy atom. The second kappa shape index (κ2) is 7.29. The van der Waals surface area contributed by atoms with Crippen molar-refractivity contribution in [3.63, 3.8) is 0 Å². The molecule has 0 spiro atoms. The van der Waals surface area contributed by atoms with Gasteiger partial charge in [0.25, 0.3) is 0 Å². The van der Waals surface area contributed by atoms with Crippen molar-refractivity contribution in [3.05, 3.63) is 12.4 Å². The fourth-order valence-corrected chi connectivity index (χ4v) is 2.05. The van der Waals surface area contributed by atoms with Crippen LogP contribution >= 0.6 is 11.8 Å². The normalized spacial score (nSPS) is 14.3. The van der Waals surface area contributed by atoms with Crippen LogP contribution in [0.2, 0.25) is 0 Å². The summed E-state index contributed by atoms with van der Waals surface area (Å²) in [6, 6.07) is -0.0433. The maximum atomic E-state index is 11.6. The Morgan fingerprint density at radius 3 is 2.94 bits per heavy atom. The first kappa shape index (κ1) is 14.0. The van der Waals surface area contributed by atoms with Gasteiger partial charge in [0.15, 0.2) is 0 Å². The van der Waals surface area contributed by atoms with Crippen LogP contribution in [0, 0.1) is 0 Å². The molecule has 0 saturated heterocycles. The monoisotopic (exact) mass is 258 g/mol. The molecule has 0 aliphatic carbocycles. The van der Waals surface area contributed by atoms with Gasteiger partial charge in [0.05, 0.1) is 19.3 Å². The highest BCUT2D eigenvalue weighted by Gasteiger charge is 2.17. The van der Waals surface area contributed by atoms with Gasteiger partial charge in [0.1, 0.15) is 0 Å². The number of aliphatic hydroxyl groups is 1. The number of nitrogens with one attached hydrogen (secondary N) is 1. The lowest BCUT2D eigenvalue weighted by Gasteiger charge is -2.21. The molecule has 0 aliphatic heterocycles. The number of aliphatic hydroxyl groups excluding tert-OH is 1. The Hall–Kier alpha value is -1.08. The van der Waals surface area contributed by atoms with Crippen LogP contribution in [0.15, 0.2) is 12.4 Å². The van der Waals surface area contributed by atoms with Gasteiger partial charge in [0.2, 0.25) is 5.91 Å². The van der Waals surface area contributed by atoms with Crippen molar-refractivity contribution < 1.29 is 9.90 Å². The first-order valence-corrected chi connectivity index (χ1v) is 6.73. The minimum absolute atomic E-state index is 0.0327. The van der Waals surface area contributed by atoms with Crippen molar-refractivity contribution in [1.29, 1.82) is 0 Å². The van der Waals surface area contributed by atoms with Gasteiger partial charge < -0.3 is 10.4 Å². The maximum absolute atomic E-state index is 11.6. The number of nitrogens with zero attached hydrogens (tertiary/aromatic N) is 3. The second-order valence-corrected chi connectivity index (χ2v) is 4.81. The van der Waals surface area contributed by atoms with Crippen LogP contribution in [0.5, 0.6) is 0 Å². The lowest BCUT2D eigenvalue weighted by atomic mass is 10.2. The Balaban J connectivity index is 2.29. The van der Waals surface area contributed by atoms with Crippen LogP contribution in [0.25, 0.3) is 0 Å². The minimum Gasteiger partial charge on any atom is -0.395 e. The zero-order valence-electron chi connectivity index (χ0n) is 10.0. The molecule has 6 nitrogen and oxygen atoms in total. The van der Waals surface area contributed by atoms with E-state index in [0.29, 0.717) is 13.0 Å². The van der Waals surface area contributed by atoms with Gasteiger partial charge in [-0.3, -0.25) is 9.48 Å². The molecular weight excluding hydrogens is 240 g/mol. The van der Waals surface area contributed by atoms with Crippen molar-refractivity contribution in [3.8, 4) is 0 Å². The molecule has 0 aliphatic rings.